The number of benzene rings is 1. The zero-order chi connectivity index (χ0) is 14.9. The van der Waals surface area contributed by atoms with Gasteiger partial charge in [-0.3, -0.25) is 4.79 Å². The number of hydrogen-bond donors (Lipinski definition) is 3. The van der Waals surface area contributed by atoms with Crippen molar-refractivity contribution in [3.63, 3.8) is 0 Å². The molecular weight excluding hydrogens is 284 g/mol. The second kappa shape index (κ2) is 5.22. The maximum absolute atomic E-state index is 12.1. The Kier molecular flexibility index (Phi) is 3.78. The summed E-state index contributed by atoms with van der Waals surface area (Å²) in [5, 5.41) is 11.5. The molecule has 2 rings (SSSR count). The topological polar surface area (TPSA) is 113 Å². The second-order valence-corrected chi connectivity index (χ2v) is 6.32. The molecule has 8 heteroatoms. The number of aromatic carboxylic acids is 1. The standard InChI is InChI=1S/C12H14N2O5S/c1-7-2-3-9(5-10(7)12(16)17)20(18,19)14-8-4-11(15)13-6-8/h2-3,5,8,14H,4,6H2,1H3,(H,13,15)(H,16,17). The molecular formula is C12H14N2O5S. The molecule has 0 aromatic heterocycles. The Morgan fingerprint density at radius 3 is 2.70 bits per heavy atom. The Balaban J connectivity index is 2.27. The smallest absolute Gasteiger partial charge is 0.335 e. The number of carboxylic acids is 1. The Morgan fingerprint density at radius 2 is 2.15 bits per heavy atom. The van der Waals surface area contributed by atoms with Crippen molar-refractivity contribution in [3.8, 4) is 0 Å². The first-order valence-electron chi connectivity index (χ1n) is 5.92. The Bertz CT molecular complexity index is 668. The first-order valence-corrected chi connectivity index (χ1v) is 7.41. The summed E-state index contributed by atoms with van der Waals surface area (Å²) in [6.07, 6.45) is 0.0802. The zero-order valence-electron chi connectivity index (χ0n) is 10.7. The molecule has 1 heterocycles. The van der Waals surface area contributed by atoms with E-state index in [9.17, 15) is 18.0 Å². The average molecular weight is 298 g/mol. The molecule has 1 fully saturated rings. The molecule has 0 radical (unpaired) electrons. The maximum Gasteiger partial charge on any atom is 0.335 e. The summed E-state index contributed by atoms with van der Waals surface area (Å²) in [6, 6.07) is 3.39. The van der Waals surface area contributed by atoms with Crippen LogP contribution in [-0.2, 0) is 14.8 Å². The van der Waals surface area contributed by atoms with Gasteiger partial charge in [0.05, 0.1) is 10.5 Å². The lowest BCUT2D eigenvalue weighted by atomic mass is 10.1. The van der Waals surface area contributed by atoms with Crippen molar-refractivity contribution in [2.24, 2.45) is 0 Å². The van der Waals surface area contributed by atoms with E-state index in [0.717, 1.165) is 6.07 Å². The molecule has 108 valence electrons. The summed E-state index contributed by atoms with van der Waals surface area (Å²) >= 11 is 0. The number of sulfonamides is 1. The summed E-state index contributed by atoms with van der Waals surface area (Å²) < 4.78 is 26.7. The molecule has 1 aliphatic heterocycles. The molecule has 1 aromatic rings. The minimum Gasteiger partial charge on any atom is -0.478 e. The van der Waals surface area contributed by atoms with E-state index in [0.29, 0.717) is 5.56 Å². The van der Waals surface area contributed by atoms with Crippen molar-refractivity contribution in [1.82, 2.24) is 10.0 Å². The van der Waals surface area contributed by atoms with E-state index in [2.05, 4.69) is 10.0 Å². The maximum atomic E-state index is 12.1. The van der Waals surface area contributed by atoms with Crippen LogP contribution in [-0.4, -0.2) is 38.0 Å². The Labute approximate surface area is 116 Å². The predicted octanol–water partition coefficient (Wildman–Crippen LogP) is -0.140. The van der Waals surface area contributed by atoms with Crippen LogP contribution in [0.3, 0.4) is 0 Å². The summed E-state index contributed by atoms with van der Waals surface area (Å²) in [6.45, 7) is 1.82. The molecule has 7 nitrogen and oxygen atoms in total. The summed E-state index contributed by atoms with van der Waals surface area (Å²) in [4.78, 5) is 21.9. The SMILES string of the molecule is Cc1ccc(S(=O)(=O)NC2CNC(=O)C2)cc1C(=O)O. The molecule has 3 N–H and O–H groups in total. The fourth-order valence-electron chi connectivity index (χ4n) is 1.97. The third-order valence-corrected chi connectivity index (χ3v) is 4.57. The largest absolute Gasteiger partial charge is 0.478 e. The molecule has 20 heavy (non-hydrogen) atoms. The zero-order valence-corrected chi connectivity index (χ0v) is 11.5. The molecule has 0 aliphatic carbocycles. The Morgan fingerprint density at radius 1 is 1.45 bits per heavy atom. The highest BCUT2D eigenvalue weighted by Gasteiger charge is 2.27. The monoisotopic (exact) mass is 298 g/mol. The van der Waals surface area contributed by atoms with E-state index >= 15 is 0 Å². The van der Waals surface area contributed by atoms with Gasteiger partial charge in [-0.05, 0) is 24.6 Å². The first kappa shape index (κ1) is 14.5. The number of carbonyl (C=O) groups is 2. The van der Waals surface area contributed by atoms with Gasteiger partial charge in [0.2, 0.25) is 15.9 Å². The fraction of sp³-hybridized carbons (Fsp3) is 0.333. The van der Waals surface area contributed by atoms with Crippen LogP contribution in [0.15, 0.2) is 23.1 Å². The molecule has 0 saturated carbocycles. The van der Waals surface area contributed by atoms with Crippen LogP contribution >= 0.6 is 0 Å². The first-order chi connectivity index (χ1) is 9.29. The number of aryl methyl sites for hydroxylation is 1. The number of rotatable bonds is 4. The minimum absolute atomic E-state index is 0.0616. The lowest BCUT2D eigenvalue weighted by Crippen LogP contribution is -2.36. The van der Waals surface area contributed by atoms with E-state index < -0.39 is 22.0 Å². The number of carboxylic acid groups (broad SMARTS) is 1. The molecule has 0 bridgehead atoms. The lowest BCUT2D eigenvalue weighted by Gasteiger charge is -2.12. The van der Waals surface area contributed by atoms with Gasteiger partial charge in [-0.2, -0.15) is 0 Å². The predicted molar refractivity (Wildman–Crippen MR) is 69.9 cm³/mol. The van der Waals surface area contributed by atoms with Gasteiger partial charge in [-0.1, -0.05) is 6.07 Å². The number of nitrogens with one attached hydrogen (secondary N) is 2. The van der Waals surface area contributed by atoms with E-state index in [1.165, 1.54) is 12.1 Å². The van der Waals surface area contributed by atoms with E-state index in [1.54, 1.807) is 6.92 Å². The van der Waals surface area contributed by atoms with Crippen LogP contribution in [0.4, 0.5) is 0 Å². The molecule has 0 spiro atoms. The summed E-state index contributed by atoms with van der Waals surface area (Å²) in [5.41, 5.74) is 0.419. The van der Waals surface area contributed by atoms with Crippen molar-refractivity contribution in [2.45, 2.75) is 24.3 Å². The molecule has 1 aromatic carbocycles. The van der Waals surface area contributed by atoms with Crippen molar-refractivity contribution < 1.29 is 23.1 Å². The van der Waals surface area contributed by atoms with Crippen molar-refractivity contribution in [3.05, 3.63) is 29.3 Å². The van der Waals surface area contributed by atoms with Crippen LogP contribution in [0.2, 0.25) is 0 Å². The van der Waals surface area contributed by atoms with Crippen LogP contribution in [0.25, 0.3) is 0 Å². The third kappa shape index (κ3) is 2.97. The van der Waals surface area contributed by atoms with Crippen molar-refractivity contribution in [2.75, 3.05) is 6.54 Å². The number of hydrogen-bond acceptors (Lipinski definition) is 4. The van der Waals surface area contributed by atoms with Gasteiger partial charge in [-0.15, -0.1) is 0 Å². The lowest BCUT2D eigenvalue weighted by molar-refractivity contribution is -0.119. The van der Waals surface area contributed by atoms with E-state index in [4.69, 9.17) is 5.11 Å². The fourth-order valence-corrected chi connectivity index (χ4v) is 3.24. The van der Waals surface area contributed by atoms with Crippen LogP contribution in [0.1, 0.15) is 22.3 Å². The van der Waals surface area contributed by atoms with Crippen LogP contribution < -0.4 is 10.0 Å². The molecule has 1 saturated heterocycles. The number of carbonyl (C=O) groups excluding carboxylic acids is 1. The highest BCUT2D eigenvalue weighted by molar-refractivity contribution is 7.89. The van der Waals surface area contributed by atoms with Crippen molar-refractivity contribution in [1.29, 1.82) is 0 Å². The van der Waals surface area contributed by atoms with E-state index in [-0.39, 0.29) is 29.3 Å². The highest BCUT2D eigenvalue weighted by atomic mass is 32.2. The van der Waals surface area contributed by atoms with Crippen LogP contribution in [0.5, 0.6) is 0 Å². The van der Waals surface area contributed by atoms with Crippen molar-refractivity contribution >= 4 is 21.9 Å². The van der Waals surface area contributed by atoms with Gasteiger partial charge >= 0.3 is 5.97 Å². The van der Waals surface area contributed by atoms with Gasteiger partial charge in [0.15, 0.2) is 0 Å². The highest BCUT2D eigenvalue weighted by Crippen LogP contribution is 2.16. The molecule has 1 unspecified atom stereocenters. The van der Waals surface area contributed by atoms with E-state index in [1.807, 2.05) is 0 Å². The Hall–Kier alpha value is -1.93. The normalized spacial score (nSPS) is 18.9. The summed E-state index contributed by atoms with van der Waals surface area (Å²) in [7, 11) is -3.85. The second-order valence-electron chi connectivity index (χ2n) is 4.61. The van der Waals surface area contributed by atoms with Gasteiger partial charge in [0, 0.05) is 19.0 Å². The molecule has 1 atom stereocenters. The third-order valence-electron chi connectivity index (χ3n) is 3.05. The number of amides is 1. The average Bonchev–Trinajstić information content (AvgIpc) is 2.73. The van der Waals surface area contributed by atoms with Gasteiger partial charge in [0.25, 0.3) is 0 Å². The molecule has 1 amide bonds. The van der Waals surface area contributed by atoms with Gasteiger partial charge in [0.1, 0.15) is 0 Å². The van der Waals surface area contributed by atoms with Gasteiger partial charge in [-0.25, -0.2) is 17.9 Å². The minimum atomic E-state index is -3.85. The van der Waals surface area contributed by atoms with Crippen LogP contribution in [0, 0.1) is 6.92 Å². The quantitative estimate of drug-likeness (QED) is 0.716. The summed E-state index contributed by atoms with van der Waals surface area (Å²) in [5.74, 6) is -1.40. The molecule has 1 aliphatic rings. The van der Waals surface area contributed by atoms with Gasteiger partial charge < -0.3 is 10.4 Å².